The molecule has 0 fully saturated rings. The third-order valence-electron chi connectivity index (χ3n) is 10.7. The fourth-order valence-corrected chi connectivity index (χ4v) is 7.65. The molecule has 0 radical (unpaired) electrons. The number of benzene rings is 6. The standard InChI is InChI=1S/C52H32N6/c1-3-8-34(9-4-1)48-32-49(58-52(57-48)40-10-5-2-6-11-40)45-28-24-37-18-22-42(31-47(37)55-45)44-26-23-36-17-21-41(30-46(36)54-44)33-13-15-35(16-14-33)43-27-25-39-20-19-38-12-7-29-53-50(38)51(39)56-43/h1-32H. The molecule has 0 aliphatic carbocycles. The van der Waals surface area contributed by atoms with E-state index < -0.39 is 0 Å². The zero-order valence-electron chi connectivity index (χ0n) is 31.2. The van der Waals surface area contributed by atoms with Crippen molar-refractivity contribution in [3.63, 3.8) is 0 Å². The number of hydrogen-bond donors (Lipinski definition) is 0. The van der Waals surface area contributed by atoms with Gasteiger partial charge < -0.3 is 0 Å². The van der Waals surface area contributed by atoms with Crippen LogP contribution in [0.1, 0.15) is 0 Å². The highest BCUT2D eigenvalue weighted by Gasteiger charge is 2.13. The average molecular weight is 741 g/mol. The zero-order chi connectivity index (χ0) is 38.4. The van der Waals surface area contributed by atoms with Gasteiger partial charge in [0.1, 0.15) is 0 Å². The minimum Gasteiger partial charge on any atom is -0.254 e. The molecule has 0 atom stereocenters. The van der Waals surface area contributed by atoms with E-state index in [0.717, 1.165) is 105 Å². The highest BCUT2D eigenvalue weighted by atomic mass is 14.9. The van der Waals surface area contributed by atoms with Gasteiger partial charge in [0.05, 0.1) is 50.5 Å². The number of fused-ring (bicyclic) bond motifs is 5. The maximum absolute atomic E-state index is 5.16. The molecule has 58 heavy (non-hydrogen) atoms. The van der Waals surface area contributed by atoms with Gasteiger partial charge in [0.15, 0.2) is 5.82 Å². The van der Waals surface area contributed by atoms with Crippen LogP contribution in [0.2, 0.25) is 0 Å². The Balaban J connectivity index is 0.914. The molecular formula is C52H32N6. The Hall–Kier alpha value is -7.96. The first-order valence-corrected chi connectivity index (χ1v) is 19.3. The summed E-state index contributed by atoms with van der Waals surface area (Å²) < 4.78 is 0. The van der Waals surface area contributed by atoms with E-state index in [1.807, 2.05) is 72.9 Å². The van der Waals surface area contributed by atoms with Crippen LogP contribution in [-0.2, 0) is 0 Å². The summed E-state index contributed by atoms with van der Waals surface area (Å²) in [6, 6.07) is 64.5. The summed E-state index contributed by atoms with van der Waals surface area (Å²) in [5.74, 6) is 0.664. The zero-order valence-corrected chi connectivity index (χ0v) is 31.2. The predicted octanol–water partition coefficient (Wildman–Crippen LogP) is 12.7. The van der Waals surface area contributed by atoms with E-state index >= 15 is 0 Å². The summed E-state index contributed by atoms with van der Waals surface area (Å²) in [5, 5.41) is 4.29. The summed E-state index contributed by atoms with van der Waals surface area (Å²) in [6.07, 6.45) is 1.82. The molecular weight excluding hydrogens is 709 g/mol. The molecule has 0 amide bonds. The molecule has 0 aliphatic heterocycles. The van der Waals surface area contributed by atoms with Crippen LogP contribution in [-0.4, -0.2) is 29.9 Å². The Bertz CT molecular complexity index is 3270. The van der Waals surface area contributed by atoms with Crippen LogP contribution < -0.4 is 0 Å². The van der Waals surface area contributed by atoms with Crippen LogP contribution in [0.4, 0.5) is 0 Å². The van der Waals surface area contributed by atoms with Crippen LogP contribution in [0.5, 0.6) is 0 Å². The first-order chi connectivity index (χ1) is 28.7. The second kappa shape index (κ2) is 14.0. The van der Waals surface area contributed by atoms with Crippen molar-refractivity contribution < 1.29 is 0 Å². The van der Waals surface area contributed by atoms with Crippen molar-refractivity contribution in [2.24, 2.45) is 0 Å². The van der Waals surface area contributed by atoms with Crippen LogP contribution >= 0.6 is 0 Å². The van der Waals surface area contributed by atoms with Gasteiger partial charge in [-0.2, -0.15) is 0 Å². The fourth-order valence-electron chi connectivity index (χ4n) is 7.65. The molecule has 6 heteroatoms. The lowest BCUT2D eigenvalue weighted by Crippen LogP contribution is -1.97. The number of rotatable bonds is 6. The number of hydrogen-bond acceptors (Lipinski definition) is 6. The highest BCUT2D eigenvalue weighted by molar-refractivity contribution is 6.03. The largest absolute Gasteiger partial charge is 0.254 e. The van der Waals surface area contributed by atoms with E-state index in [1.54, 1.807) is 0 Å². The van der Waals surface area contributed by atoms with Gasteiger partial charge in [-0.25, -0.2) is 24.9 Å². The first kappa shape index (κ1) is 33.4. The lowest BCUT2D eigenvalue weighted by atomic mass is 10.00. The summed E-state index contributed by atoms with van der Waals surface area (Å²) in [4.78, 5) is 29.9. The molecule has 6 aromatic carbocycles. The Morgan fingerprint density at radius 1 is 0.259 bits per heavy atom. The topological polar surface area (TPSA) is 77.3 Å². The number of nitrogens with zero attached hydrogens (tertiary/aromatic N) is 6. The molecule has 5 aromatic heterocycles. The third kappa shape index (κ3) is 6.19. The van der Waals surface area contributed by atoms with Crippen LogP contribution in [0.3, 0.4) is 0 Å². The van der Waals surface area contributed by atoms with E-state index in [1.165, 1.54) is 0 Å². The quantitative estimate of drug-likeness (QED) is 0.158. The lowest BCUT2D eigenvalue weighted by molar-refractivity contribution is 1.17. The summed E-state index contributed by atoms with van der Waals surface area (Å²) in [7, 11) is 0. The van der Waals surface area contributed by atoms with E-state index in [9.17, 15) is 0 Å². The van der Waals surface area contributed by atoms with Gasteiger partial charge in [-0.3, -0.25) is 4.98 Å². The molecule has 0 N–H and O–H groups in total. The highest BCUT2D eigenvalue weighted by Crippen LogP contribution is 2.32. The molecule has 5 heterocycles. The maximum Gasteiger partial charge on any atom is 0.160 e. The maximum atomic E-state index is 5.16. The summed E-state index contributed by atoms with van der Waals surface area (Å²) in [5.41, 5.74) is 14.1. The third-order valence-corrected chi connectivity index (χ3v) is 10.7. The summed E-state index contributed by atoms with van der Waals surface area (Å²) in [6.45, 7) is 0. The van der Waals surface area contributed by atoms with Gasteiger partial charge >= 0.3 is 0 Å². The van der Waals surface area contributed by atoms with Crippen molar-refractivity contribution in [2.45, 2.75) is 0 Å². The number of pyridine rings is 4. The van der Waals surface area contributed by atoms with Gasteiger partial charge in [0.25, 0.3) is 0 Å². The predicted molar refractivity (Wildman–Crippen MR) is 236 cm³/mol. The van der Waals surface area contributed by atoms with E-state index in [-0.39, 0.29) is 0 Å². The lowest BCUT2D eigenvalue weighted by Gasteiger charge is -2.10. The van der Waals surface area contributed by atoms with Gasteiger partial charge in [0.2, 0.25) is 0 Å². The first-order valence-electron chi connectivity index (χ1n) is 19.3. The second-order valence-corrected chi connectivity index (χ2v) is 14.4. The Kier molecular flexibility index (Phi) is 8.04. The monoisotopic (exact) mass is 740 g/mol. The average Bonchev–Trinajstić information content (AvgIpc) is 3.31. The van der Waals surface area contributed by atoms with Crippen molar-refractivity contribution in [3.05, 3.63) is 194 Å². The molecule has 0 saturated heterocycles. The molecule has 11 rings (SSSR count). The normalized spacial score (nSPS) is 11.4. The van der Waals surface area contributed by atoms with E-state index in [4.69, 9.17) is 24.9 Å². The SMILES string of the molecule is c1ccc(-c2cc(-c3ccc4ccc(-c5ccc6ccc(-c7ccc(-c8ccc9ccc%10cccnc%10c9n8)cc7)cc6n5)cc4n3)nc(-c3ccccc3)n2)cc1. The Labute approximate surface area is 334 Å². The minimum atomic E-state index is 0.664. The van der Waals surface area contributed by atoms with Crippen molar-refractivity contribution in [2.75, 3.05) is 0 Å². The number of aromatic nitrogens is 6. The van der Waals surface area contributed by atoms with Crippen LogP contribution in [0, 0.1) is 0 Å². The van der Waals surface area contributed by atoms with Gasteiger partial charge in [-0.05, 0) is 53.6 Å². The Morgan fingerprint density at radius 2 is 0.776 bits per heavy atom. The van der Waals surface area contributed by atoms with E-state index in [0.29, 0.717) is 5.82 Å². The smallest absolute Gasteiger partial charge is 0.160 e. The summed E-state index contributed by atoms with van der Waals surface area (Å²) >= 11 is 0. The van der Waals surface area contributed by atoms with Gasteiger partial charge in [0, 0.05) is 50.0 Å². The van der Waals surface area contributed by atoms with Crippen LogP contribution in [0.25, 0.3) is 111 Å². The molecule has 0 unspecified atom stereocenters. The molecule has 0 aliphatic rings. The molecule has 0 saturated carbocycles. The van der Waals surface area contributed by atoms with Gasteiger partial charge in [-0.1, -0.05) is 146 Å². The Morgan fingerprint density at radius 3 is 1.53 bits per heavy atom. The van der Waals surface area contributed by atoms with Crippen molar-refractivity contribution in [3.8, 4) is 67.7 Å². The fraction of sp³-hybridized carbons (Fsp3) is 0. The molecule has 6 nitrogen and oxygen atoms in total. The molecule has 0 spiro atoms. The van der Waals surface area contributed by atoms with Crippen molar-refractivity contribution >= 4 is 43.6 Å². The van der Waals surface area contributed by atoms with Crippen LogP contribution in [0.15, 0.2) is 194 Å². The molecule has 270 valence electrons. The molecule has 11 aromatic rings. The second-order valence-electron chi connectivity index (χ2n) is 14.4. The van der Waals surface area contributed by atoms with E-state index in [2.05, 4.69) is 126 Å². The molecule has 0 bridgehead atoms. The van der Waals surface area contributed by atoms with Crippen molar-refractivity contribution in [1.29, 1.82) is 0 Å². The minimum absolute atomic E-state index is 0.664. The van der Waals surface area contributed by atoms with Crippen molar-refractivity contribution in [1.82, 2.24) is 29.9 Å². The van der Waals surface area contributed by atoms with Gasteiger partial charge in [-0.15, -0.1) is 0 Å².